The zero-order valence-corrected chi connectivity index (χ0v) is 9.17. The van der Waals surface area contributed by atoms with E-state index in [9.17, 15) is 0 Å². The van der Waals surface area contributed by atoms with E-state index in [0.717, 1.165) is 17.8 Å². The average molecular weight is 193 g/mol. The molecule has 0 aromatic rings. The van der Waals surface area contributed by atoms with Gasteiger partial charge in [0.25, 0.3) is 0 Å². The van der Waals surface area contributed by atoms with Gasteiger partial charge in [0.05, 0.1) is 0 Å². The fourth-order valence-corrected chi connectivity index (χ4v) is 4.22. The molecule has 0 heterocycles. The molecule has 1 heteroatoms. The first-order valence-electron chi connectivity index (χ1n) is 6.59. The van der Waals surface area contributed by atoms with Crippen LogP contribution in [-0.4, -0.2) is 5.54 Å². The van der Waals surface area contributed by atoms with Gasteiger partial charge in [-0.3, -0.25) is 0 Å². The molecule has 14 heavy (non-hydrogen) atoms. The van der Waals surface area contributed by atoms with Crippen LogP contribution in [0.1, 0.15) is 57.8 Å². The van der Waals surface area contributed by atoms with E-state index < -0.39 is 0 Å². The molecule has 1 nitrogen and oxygen atoms in total. The largest absolute Gasteiger partial charge is 0.325 e. The van der Waals surface area contributed by atoms with Gasteiger partial charge in [0.1, 0.15) is 0 Å². The molecule has 80 valence electrons. The number of hydrogen-bond donors (Lipinski definition) is 1. The van der Waals surface area contributed by atoms with Crippen molar-refractivity contribution in [2.45, 2.75) is 63.3 Å². The third-order valence-electron chi connectivity index (χ3n) is 5.19. The van der Waals surface area contributed by atoms with E-state index >= 15 is 0 Å². The van der Waals surface area contributed by atoms with Crippen molar-refractivity contribution in [3.8, 4) is 0 Å². The molecule has 3 saturated carbocycles. The molecule has 0 amide bonds. The molecular formula is C13H23N. The first kappa shape index (κ1) is 9.21. The van der Waals surface area contributed by atoms with Gasteiger partial charge < -0.3 is 5.73 Å². The highest BCUT2D eigenvalue weighted by atomic mass is 14.9. The van der Waals surface area contributed by atoms with E-state index in [1.165, 1.54) is 57.8 Å². The Morgan fingerprint density at radius 1 is 0.857 bits per heavy atom. The van der Waals surface area contributed by atoms with Crippen LogP contribution in [-0.2, 0) is 0 Å². The zero-order chi connectivity index (χ0) is 9.60. The molecule has 3 aliphatic carbocycles. The predicted octanol–water partition coefficient (Wildman–Crippen LogP) is 3.08. The van der Waals surface area contributed by atoms with Crippen LogP contribution in [0.2, 0.25) is 0 Å². The second-order valence-electron chi connectivity index (χ2n) is 5.95. The summed E-state index contributed by atoms with van der Waals surface area (Å²) >= 11 is 0. The summed E-state index contributed by atoms with van der Waals surface area (Å²) in [5.74, 6) is 2.83. The number of hydrogen-bond acceptors (Lipinski definition) is 1. The Labute approximate surface area is 87.4 Å². The molecule has 0 spiro atoms. The Balaban J connectivity index is 1.63. The molecule has 0 aromatic heterocycles. The maximum absolute atomic E-state index is 6.58. The molecule has 0 aliphatic heterocycles. The van der Waals surface area contributed by atoms with Crippen LogP contribution in [0.5, 0.6) is 0 Å². The SMILES string of the molecule is NC1(C2CCCC2)CC1C1CCCC1. The van der Waals surface area contributed by atoms with Crippen LogP contribution < -0.4 is 5.73 Å². The number of rotatable bonds is 2. The molecular weight excluding hydrogens is 170 g/mol. The summed E-state index contributed by atoms with van der Waals surface area (Å²) in [6.45, 7) is 0. The molecule has 0 aromatic carbocycles. The topological polar surface area (TPSA) is 26.0 Å². The van der Waals surface area contributed by atoms with Gasteiger partial charge in [0.2, 0.25) is 0 Å². The van der Waals surface area contributed by atoms with Gasteiger partial charge >= 0.3 is 0 Å². The van der Waals surface area contributed by atoms with Crippen molar-refractivity contribution in [2.75, 3.05) is 0 Å². The summed E-state index contributed by atoms with van der Waals surface area (Å²) in [6.07, 6.45) is 13.0. The molecule has 0 radical (unpaired) electrons. The van der Waals surface area contributed by atoms with E-state index in [4.69, 9.17) is 5.73 Å². The Bertz CT molecular complexity index is 213. The van der Waals surface area contributed by atoms with E-state index in [1.807, 2.05) is 0 Å². The Morgan fingerprint density at radius 2 is 1.43 bits per heavy atom. The van der Waals surface area contributed by atoms with E-state index in [-0.39, 0.29) is 0 Å². The molecule has 3 fully saturated rings. The fraction of sp³-hybridized carbons (Fsp3) is 1.00. The van der Waals surface area contributed by atoms with E-state index in [0.29, 0.717) is 5.54 Å². The average Bonchev–Trinajstić information content (AvgIpc) is 2.78. The fourth-order valence-electron chi connectivity index (χ4n) is 4.22. The molecule has 2 unspecified atom stereocenters. The molecule has 2 atom stereocenters. The minimum atomic E-state index is 0.311. The van der Waals surface area contributed by atoms with Gasteiger partial charge in [-0.1, -0.05) is 38.5 Å². The van der Waals surface area contributed by atoms with Gasteiger partial charge in [0.15, 0.2) is 0 Å². The summed E-state index contributed by atoms with van der Waals surface area (Å²) in [7, 11) is 0. The van der Waals surface area contributed by atoms with E-state index in [1.54, 1.807) is 0 Å². The third kappa shape index (κ3) is 1.32. The summed E-state index contributed by atoms with van der Waals surface area (Å²) in [5, 5.41) is 0. The molecule has 3 rings (SSSR count). The van der Waals surface area contributed by atoms with Gasteiger partial charge in [0, 0.05) is 5.54 Å². The maximum Gasteiger partial charge on any atom is 0.0218 e. The molecule has 0 saturated heterocycles. The smallest absolute Gasteiger partial charge is 0.0218 e. The van der Waals surface area contributed by atoms with E-state index in [2.05, 4.69) is 0 Å². The zero-order valence-electron chi connectivity index (χ0n) is 9.17. The lowest BCUT2D eigenvalue weighted by atomic mass is 9.89. The second kappa shape index (κ2) is 3.23. The van der Waals surface area contributed by atoms with Crippen LogP contribution in [0.25, 0.3) is 0 Å². The molecule has 3 aliphatic rings. The van der Waals surface area contributed by atoms with Gasteiger partial charge in [-0.2, -0.15) is 0 Å². The van der Waals surface area contributed by atoms with Crippen molar-refractivity contribution in [1.82, 2.24) is 0 Å². The predicted molar refractivity (Wildman–Crippen MR) is 58.9 cm³/mol. The van der Waals surface area contributed by atoms with Crippen LogP contribution in [0.4, 0.5) is 0 Å². The first-order valence-corrected chi connectivity index (χ1v) is 6.59. The standard InChI is InChI=1S/C13H23N/c14-13(11-7-3-4-8-11)9-12(13)10-5-1-2-6-10/h10-12H,1-9,14H2. The first-order chi connectivity index (χ1) is 6.81. The lowest BCUT2D eigenvalue weighted by molar-refractivity contribution is 0.334. The Morgan fingerprint density at radius 3 is 2.07 bits per heavy atom. The lowest BCUT2D eigenvalue weighted by Crippen LogP contribution is -2.34. The highest BCUT2D eigenvalue weighted by Gasteiger charge is 2.58. The third-order valence-corrected chi connectivity index (χ3v) is 5.19. The van der Waals surface area contributed by atoms with Crippen molar-refractivity contribution in [3.05, 3.63) is 0 Å². The van der Waals surface area contributed by atoms with Gasteiger partial charge in [-0.25, -0.2) is 0 Å². The Hall–Kier alpha value is -0.0400. The van der Waals surface area contributed by atoms with Crippen LogP contribution in [0.15, 0.2) is 0 Å². The minimum absolute atomic E-state index is 0.311. The van der Waals surface area contributed by atoms with Crippen LogP contribution in [0.3, 0.4) is 0 Å². The van der Waals surface area contributed by atoms with Crippen molar-refractivity contribution in [1.29, 1.82) is 0 Å². The van der Waals surface area contributed by atoms with Crippen molar-refractivity contribution >= 4 is 0 Å². The molecule has 2 N–H and O–H groups in total. The van der Waals surface area contributed by atoms with Gasteiger partial charge in [-0.05, 0) is 37.0 Å². The van der Waals surface area contributed by atoms with Crippen molar-refractivity contribution < 1.29 is 0 Å². The van der Waals surface area contributed by atoms with Gasteiger partial charge in [-0.15, -0.1) is 0 Å². The van der Waals surface area contributed by atoms with Crippen LogP contribution >= 0.6 is 0 Å². The van der Waals surface area contributed by atoms with Crippen molar-refractivity contribution in [3.63, 3.8) is 0 Å². The minimum Gasteiger partial charge on any atom is -0.325 e. The van der Waals surface area contributed by atoms with Crippen LogP contribution in [0, 0.1) is 17.8 Å². The summed E-state index contributed by atoms with van der Waals surface area (Å²) < 4.78 is 0. The quantitative estimate of drug-likeness (QED) is 0.716. The van der Waals surface area contributed by atoms with Crippen molar-refractivity contribution in [2.24, 2.45) is 23.5 Å². The summed E-state index contributed by atoms with van der Waals surface area (Å²) in [4.78, 5) is 0. The second-order valence-corrected chi connectivity index (χ2v) is 5.95. The lowest BCUT2D eigenvalue weighted by Gasteiger charge is -2.22. The molecule has 0 bridgehead atoms. The number of nitrogens with two attached hydrogens (primary N) is 1. The maximum atomic E-state index is 6.58. The normalized spacial score (nSPS) is 44.8. The monoisotopic (exact) mass is 193 g/mol. The Kier molecular flexibility index (Phi) is 2.12. The highest BCUT2D eigenvalue weighted by molar-refractivity contribution is 5.14. The highest BCUT2D eigenvalue weighted by Crippen LogP contribution is 2.58. The summed E-state index contributed by atoms with van der Waals surface area (Å²) in [5.41, 5.74) is 6.89. The summed E-state index contributed by atoms with van der Waals surface area (Å²) in [6, 6.07) is 0.